The number of aliphatic hydroxyl groups excluding tert-OH is 1. The molecule has 0 bridgehead atoms. The first kappa shape index (κ1) is 29.1. The molecule has 2 fully saturated rings. The molecule has 204 valence electrons. The third kappa shape index (κ3) is 8.24. The van der Waals surface area contributed by atoms with Crippen molar-refractivity contribution in [1.82, 2.24) is 20.3 Å². The number of nitrogens with zero attached hydrogens (tertiary/aromatic N) is 1. The number of hydrogen-bond donors (Lipinski definition) is 4. The van der Waals surface area contributed by atoms with Crippen molar-refractivity contribution in [2.75, 3.05) is 19.7 Å². The van der Waals surface area contributed by atoms with Gasteiger partial charge in [0.25, 0.3) is 0 Å². The van der Waals surface area contributed by atoms with Gasteiger partial charge in [-0.05, 0) is 54.8 Å². The highest BCUT2D eigenvalue weighted by Crippen LogP contribution is 2.35. The molecule has 0 aliphatic carbocycles. The second-order valence-electron chi connectivity index (χ2n) is 10.2. The number of halogens is 1. The molecular weight excluding hydrogens is 520 g/mol. The summed E-state index contributed by atoms with van der Waals surface area (Å²) >= 11 is 6.90. The lowest BCUT2D eigenvalue weighted by Crippen LogP contribution is -2.68. The van der Waals surface area contributed by atoms with E-state index < -0.39 is 22.9 Å². The third-order valence-electron chi connectivity index (χ3n) is 6.49. The largest absolute Gasteiger partial charge is 0.444 e. The van der Waals surface area contributed by atoms with Crippen molar-refractivity contribution >= 4 is 47.4 Å². The molecule has 37 heavy (non-hydrogen) atoms. The lowest BCUT2D eigenvalue weighted by molar-refractivity contribution is -0.138. The predicted molar refractivity (Wildman–Crippen MR) is 140 cm³/mol. The lowest BCUT2D eigenvalue weighted by Gasteiger charge is -2.47. The summed E-state index contributed by atoms with van der Waals surface area (Å²) in [5.41, 5.74) is 0.326. The second-order valence-corrected chi connectivity index (χ2v) is 11.7. The molecule has 2 aliphatic rings. The Bertz CT molecular complexity index is 1000. The molecule has 2 heterocycles. The van der Waals surface area contributed by atoms with E-state index in [4.69, 9.17) is 16.3 Å². The van der Waals surface area contributed by atoms with Crippen LogP contribution in [-0.2, 0) is 25.7 Å². The smallest absolute Gasteiger partial charge is 0.417 e. The van der Waals surface area contributed by atoms with Gasteiger partial charge in [0.2, 0.25) is 17.7 Å². The molecule has 1 aromatic carbocycles. The van der Waals surface area contributed by atoms with Crippen LogP contribution in [0.2, 0.25) is 5.02 Å². The molecule has 3 atom stereocenters. The predicted octanol–water partition coefficient (Wildman–Crippen LogP) is 2.23. The highest BCUT2D eigenvalue weighted by atomic mass is 35.5. The molecule has 0 saturated carbocycles. The van der Waals surface area contributed by atoms with Crippen LogP contribution in [0.5, 0.6) is 0 Å². The van der Waals surface area contributed by atoms with Crippen molar-refractivity contribution < 1.29 is 29.0 Å². The molecule has 1 spiro atoms. The van der Waals surface area contributed by atoms with Gasteiger partial charge in [0.05, 0.1) is 18.2 Å². The van der Waals surface area contributed by atoms with Crippen molar-refractivity contribution in [3.8, 4) is 0 Å². The van der Waals surface area contributed by atoms with Crippen LogP contribution in [0.3, 0.4) is 0 Å². The van der Waals surface area contributed by atoms with E-state index in [1.807, 2.05) is 13.8 Å². The maximum absolute atomic E-state index is 13.1. The Kier molecular flexibility index (Phi) is 10.1. The molecule has 4 amide bonds. The monoisotopic (exact) mass is 554 g/mol. The first-order chi connectivity index (χ1) is 17.5. The first-order valence-corrected chi connectivity index (χ1v) is 13.6. The fraction of sp³-hybridized carbons (Fsp3) is 0.600. The highest BCUT2D eigenvalue weighted by Gasteiger charge is 2.52. The summed E-state index contributed by atoms with van der Waals surface area (Å²) in [5.74, 6) is -0.703. The van der Waals surface area contributed by atoms with Crippen molar-refractivity contribution in [2.45, 2.75) is 63.5 Å². The van der Waals surface area contributed by atoms with Crippen LogP contribution < -0.4 is 15.4 Å². The molecule has 12 heteroatoms. The second kappa shape index (κ2) is 12.8. The number of rotatable bonds is 11. The Morgan fingerprint density at radius 2 is 2.05 bits per heavy atom. The summed E-state index contributed by atoms with van der Waals surface area (Å²) in [6.45, 7) is 6.10. The van der Waals surface area contributed by atoms with E-state index in [1.165, 1.54) is 6.92 Å². The Morgan fingerprint density at radius 1 is 1.32 bits per heavy atom. The minimum Gasteiger partial charge on any atom is -0.444 e. The van der Waals surface area contributed by atoms with E-state index in [-0.39, 0.29) is 49.2 Å². The fourth-order valence-electron chi connectivity index (χ4n) is 4.66. The maximum Gasteiger partial charge on any atom is 0.417 e. The van der Waals surface area contributed by atoms with Crippen molar-refractivity contribution in [3.05, 3.63) is 34.9 Å². The minimum absolute atomic E-state index is 0.0283. The van der Waals surface area contributed by atoms with E-state index in [1.54, 1.807) is 29.2 Å². The summed E-state index contributed by atoms with van der Waals surface area (Å²) in [6, 6.07) is 6.35. The van der Waals surface area contributed by atoms with Crippen molar-refractivity contribution in [2.24, 2.45) is 11.8 Å². The summed E-state index contributed by atoms with van der Waals surface area (Å²) in [5, 5.41) is 15.7. The van der Waals surface area contributed by atoms with E-state index in [9.17, 15) is 24.3 Å². The van der Waals surface area contributed by atoms with Gasteiger partial charge < -0.3 is 25.4 Å². The highest BCUT2D eigenvalue weighted by molar-refractivity contribution is 7.99. The molecular formula is C25H35ClN4O6S. The maximum atomic E-state index is 13.1. The van der Waals surface area contributed by atoms with E-state index in [0.29, 0.717) is 31.0 Å². The van der Waals surface area contributed by atoms with E-state index in [2.05, 4.69) is 15.4 Å². The number of hydrogen-bond acceptors (Lipinski definition) is 7. The van der Waals surface area contributed by atoms with Crippen LogP contribution in [0.15, 0.2) is 24.3 Å². The summed E-state index contributed by atoms with van der Waals surface area (Å²) < 4.78 is 7.78. The fourth-order valence-corrected chi connectivity index (χ4v) is 5.83. The Morgan fingerprint density at radius 3 is 2.68 bits per heavy atom. The van der Waals surface area contributed by atoms with Gasteiger partial charge in [0, 0.05) is 31.0 Å². The zero-order chi connectivity index (χ0) is 27.2. The van der Waals surface area contributed by atoms with Crippen molar-refractivity contribution in [1.29, 1.82) is 0 Å². The number of likely N-dealkylation sites (tertiary alicyclic amines) is 1. The quantitative estimate of drug-likeness (QED) is 0.308. The molecule has 0 aromatic heterocycles. The van der Waals surface area contributed by atoms with Gasteiger partial charge in [-0.1, -0.05) is 37.6 Å². The summed E-state index contributed by atoms with van der Waals surface area (Å²) in [6.07, 6.45) is 0.631. The summed E-state index contributed by atoms with van der Waals surface area (Å²) in [4.78, 5) is 51.0. The molecule has 10 nitrogen and oxygen atoms in total. The van der Waals surface area contributed by atoms with E-state index in [0.717, 1.165) is 17.5 Å². The van der Waals surface area contributed by atoms with E-state index >= 15 is 0 Å². The molecule has 0 radical (unpaired) electrons. The van der Waals surface area contributed by atoms with Crippen LogP contribution in [0.1, 0.15) is 45.6 Å². The van der Waals surface area contributed by atoms with Gasteiger partial charge in [-0.2, -0.15) is 0 Å². The number of carbonyl (C=O) groups excluding carboxylic acids is 4. The van der Waals surface area contributed by atoms with Gasteiger partial charge in [-0.25, -0.2) is 4.79 Å². The van der Waals surface area contributed by atoms with Gasteiger partial charge in [0.1, 0.15) is 11.9 Å². The molecule has 3 rings (SSSR count). The molecule has 4 N–H and O–H groups in total. The number of nitrogens with one attached hydrogen (secondary N) is 3. The third-order valence-corrected chi connectivity index (χ3v) is 7.70. The number of aliphatic hydroxyl groups is 1. The average Bonchev–Trinajstić information content (AvgIpc) is 3.15. The van der Waals surface area contributed by atoms with Crippen LogP contribution in [0.25, 0.3) is 0 Å². The van der Waals surface area contributed by atoms with Crippen LogP contribution >= 0.6 is 23.5 Å². The van der Waals surface area contributed by atoms with Crippen LogP contribution in [-0.4, -0.2) is 70.3 Å². The number of benzene rings is 1. The Labute approximate surface area is 226 Å². The summed E-state index contributed by atoms with van der Waals surface area (Å²) in [7, 11) is 0. The van der Waals surface area contributed by atoms with Crippen molar-refractivity contribution in [3.63, 3.8) is 0 Å². The Hall–Kier alpha value is -2.50. The molecule has 2 aliphatic heterocycles. The topological polar surface area (TPSA) is 137 Å². The number of carbonyl (C=O) groups is 4. The molecule has 2 unspecified atom stereocenters. The average molecular weight is 555 g/mol. The van der Waals surface area contributed by atoms with Gasteiger partial charge in [0.15, 0.2) is 0 Å². The number of amides is 4. The number of ether oxygens (including phenoxy) is 1. The van der Waals surface area contributed by atoms with Crippen LogP contribution in [0.4, 0.5) is 4.79 Å². The molecule has 1 aromatic rings. The molecule has 2 saturated heterocycles. The normalized spacial score (nSPS) is 19.7. The lowest BCUT2D eigenvalue weighted by atomic mass is 9.83. The van der Waals surface area contributed by atoms with Crippen LogP contribution in [0, 0.1) is 11.8 Å². The Balaban J connectivity index is 1.49. The standard InChI is InChI=1S/C25H35ClN4O6S/c1-15(2)7-21(37-29-24(35)36-12-17-5-4-6-19(26)8-17)23(34)27-20(11-31)9-18-10-25(28-22(18)33)13-30(14-25)16(3)32/h4-6,8,15,18,20-21,31H,7,9-14H2,1-3H3,(H,27,34)(H,28,33)(H,29,35)/t18?,20?,21-/m0/s1. The zero-order valence-electron chi connectivity index (χ0n) is 21.3. The SMILES string of the molecule is CC(=O)N1CC2(CC(CC(CO)NC(=O)[C@H](CC(C)C)SNC(=O)OCc3cccc(Cl)c3)C(=O)N2)C1. The van der Waals surface area contributed by atoms with Gasteiger partial charge in [-0.15, -0.1) is 0 Å². The van der Waals surface area contributed by atoms with Gasteiger partial charge >= 0.3 is 6.09 Å². The first-order valence-electron chi connectivity index (χ1n) is 12.3. The minimum atomic E-state index is -0.682. The zero-order valence-corrected chi connectivity index (χ0v) is 22.9. The van der Waals surface area contributed by atoms with Gasteiger partial charge in [-0.3, -0.25) is 19.1 Å².